The van der Waals surface area contributed by atoms with E-state index in [4.69, 9.17) is 21.4 Å². The molecule has 3 aromatic rings. The zero-order valence-corrected chi connectivity index (χ0v) is 14.4. The van der Waals surface area contributed by atoms with E-state index in [1.807, 2.05) is 6.07 Å². The fourth-order valence-electron chi connectivity index (χ4n) is 2.19. The number of nitrogens with zero attached hydrogens (tertiary/aromatic N) is 1. The average Bonchev–Trinajstić information content (AvgIpc) is 2.53. The zero-order chi connectivity index (χ0) is 17.3. The molecule has 1 N–H and O–H groups in total. The van der Waals surface area contributed by atoms with Crippen LogP contribution in [0.5, 0.6) is 5.75 Å². The van der Waals surface area contributed by atoms with Gasteiger partial charge in [0.1, 0.15) is 18.2 Å². The largest absolute Gasteiger partial charge is 0.488 e. The second-order valence-corrected chi connectivity index (χ2v) is 6.32. The van der Waals surface area contributed by atoms with E-state index in [2.05, 4.69) is 20.9 Å². The second kappa shape index (κ2) is 6.75. The van der Waals surface area contributed by atoms with Crippen LogP contribution >= 0.6 is 27.5 Å². The van der Waals surface area contributed by atoms with Crippen LogP contribution in [0.4, 0.5) is 4.39 Å². The quantitative estimate of drug-likeness (QED) is 0.652. The molecule has 2 aromatic carbocycles. The molecule has 0 fully saturated rings. The Morgan fingerprint density at radius 3 is 2.75 bits per heavy atom. The Kier molecular flexibility index (Phi) is 4.69. The summed E-state index contributed by atoms with van der Waals surface area (Å²) in [5.74, 6) is -1.41. The van der Waals surface area contributed by atoms with Crippen LogP contribution in [-0.2, 0) is 6.61 Å². The third-order valence-electron chi connectivity index (χ3n) is 3.35. The molecular formula is C17H10BrClFNO3. The summed E-state index contributed by atoms with van der Waals surface area (Å²) in [6.45, 7) is 0.112. The maximum Gasteiger partial charge on any atom is 0.354 e. The number of halogens is 3. The van der Waals surface area contributed by atoms with E-state index in [0.717, 1.165) is 10.0 Å². The van der Waals surface area contributed by atoms with E-state index < -0.39 is 11.8 Å². The summed E-state index contributed by atoms with van der Waals surface area (Å²) in [5.41, 5.74) is 0.886. The molecule has 7 heteroatoms. The van der Waals surface area contributed by atoms with Crippen molar-refractivity contribution in [2.24, 2.45) is 0 Å². The van der Waals surface area contributed by atoms with Gasteiger partial charge in [-0.05, 0) is 30.3 Å². The van der Waals surface area contributed by atoms with Crippen LogP contribution in [0.2, 0.25) is 5.02 Å². The van der Waals surface area contributed by atoms with Gasteiger partial charge >= 0.3 is 5.97 Å². The van der Waals surface area contributed by atoms with Crippen molar-refractivity contribution in [1.29, 1.82) is 0 Å². The van der Waals surface area contributed by atoms with Gasteiger partial charge in [0.05, 0.1) is 5.52 Å². The predicted octanol–water partition coefficient (Wildman–Crippen LogP) is 5.07. The molecule has 0 unspecified atom stereocenters. The first-order valence-corrected chi connectivity index (χ1v) is 8.01. The third kappa shape index (κ3) is 3.49. The van der Waals surface area contributed by atoms with Crippen LogP contribution < -0.4 is 4.74 Å². The smallest absolute Gasteiger partial charge is 0.354 e. The number of aromatic carboxylic acids is 1. The van der Waals surface area contributed by atoms with Gasteiger partial charge in [-0.3, -0.25) is 0 Å². The molecule has 0 radical (unpaired) electrons. The maximum absolute atomic E-state index is 13.5. The van der Waals surface area contributed by atoms with Crippen molar-refractivity contribution < 1.29 is 19.0 Å². The highest BCUT2D eigenvalue weighted by Gasteiger charge is 2.13. The molecule has 0 aliphatic carbocycles. The number of rotatable bonds is 4. The number of pyridine rings is 1. The van der Waals surface area contributed by atoms with E-state index in [9.17, 15) is 9.18 Å². The zero-order valence-electron chi connectivity index (χ0n) is 12.1. The van der Waals surface area contributed by atoms with Crippen molar-refractivity contribution >= 4 is 44.4 Å². The van der Waals surface area contributed by atoms with Gasteiger partial charge in [0.2, 0.25) is 0 Å². The Labute approximate surface area is 150 Å². The van der Waals surface area contributed by atoms with Crippen molar-refractivity contribution in [2.75, 3.05) is 0 Å². The minimum atomic E-state index is -1.19. The van der Waals surface area contributed by atoms with Gasteiger partial charge in [-0.1, -0.05) is 33.6 Å². The summed E-state index contributed by atoms with van der Waals surface area (Å²) >= 11 is 9.46. The topological polar surface area (TPSA) is 59.4 Å². The fraction of sp³-hybridized carbons (Fsp3) is 0.0588. The second-order valence-electron chi connectivity index (χ2n) is 5.00. The molecule has 0 bridgehead atoms. The fourth-order valence-corrected chi connectivity index (χ4v) is 2.92. The van der Waals surface area contributed by atoms with E-state index >= 15 is 0 Å². The standard InChI is InChI=1S/C17H10BrClFNO3/c18-10-2-1-9(13(19)5-10)8-24-16-7-15(17(22)23)21-14-4-3-11(20)6-12(14)16/h1-7H,8H2,(H,22,23). The molecular weight excluding hydrogens is 401 g/mol. The number of carboxylic acids is 1. The highest BCUT2D eigenvalue weighted by molar-refractivity contribution is 9.10. The maximum atomic E-state index is 13.5. The Bertz CT molecular complexity index is 949. The number of aromatic nitrogens is 1. The molecule has 0 aliphatic heterocycles. The number of hydrogen-bond acceptors (Lipinski definition) is 3. The number of carbonyl (C=O) groups is 1. The van der Waals surface area contributed by atoms with Crippen LogP contribution in [-0.4, -0.2) is 16.1 Å². The van der Waals surface area contributed by atoms with Gasteiger partial charge in [0, 0.05) is 26.5 Å². The number of benzene rings is 2. The third-order valence-corrected chi connectivity index (χ3v) is 4.20. The van der Waals surface area contributed by atoms with Crippen LogP contribution in [0.1, 0.15) is 16.1 Å². The summed E-state index contributed by atoms with van der Waals surface area (Å²) in [4.78, 5) is 15.2. The van der Waals surface area contributed by atoms with E-state index in [1.54, 1.807) is 12.1 Å². The highest BCUT2D eigenvalue weighted by Crippen LogP contribution is 2.29. The van der Waals surface area contributed by atoms with Gasteiger partial charge in [-0.15, -0.1) is 0 Å². The Morgan fingerprint density at radius 2 is 2.04 bits per heavy atom. The predicted molar refractivity (Wildman–Crippen MR) is 92.1 cm³/mol. The molecule has 122 valence electrons. The van der Waals surface area contributed by atoms with Gasteiger partial charge in [0.25, 0.3) is 0 Å². The molecule has 0 saturated carbocycles. The number of hydrogen-bond donors (Lipinski definition) is 1. The van der Waals surface area contributed by atoms with Crippen LogP contribution in [0.3, 0.4) is 0 Å². The molecule has 0 saturated heterocycles. The number of carboxylic acid groups (broad SMARTS) is 1. The first kappa shape index (κ1) is 16.7. The normalized spacial score (nSPS) is 10.8. The van der Waals surface area contributed by atoms with Crippen LogP contribution in [0.25, 0.3) is 10.9 Å². The molecule has 0 spiro atoms. The summed E-state index contributed by atoms with van der Waals surface area (Å²) in [5, 5.41) is 10.1. The Balaban J connectivity index is 2.00. The summed E-state index contributed by atoms with van der Waals surface area (Å²) in [6.07, 6.45) is 0. The monoisotopic (exact) mass is 409 g/mol. The summed E-state index contributed by atoms with van der Waals surface area (Å²) in [7, 11) is 0. The van der Waals surface area contributed by atoms with E-state index in [-0.39, 0.29) is 18.1 Å². The first-order chi connectivity index (χ1) is 11.4. The highest BCUT2D eigenvalue weighted by atomic mass is 79.9. The SMILES string of the molecule is O=C(O)c1cc(OCc2ccc(Br)cc2Cl)c2cc(F)ccc2n1. The lowest BCUT2D eigenvalue weighted by atomic mass is 10.1. The minimum absolute atomic E-state index is 0.112. The van der Waals surface area contributed by atoms with Gasteiger partial charge in [0.15, 0.2) is 5.69 Å². The van der Waals surface area contributed by atoms with Crippen molar-refractivity contribution in [3.63, 3.8) is 0 Å². The first-order valence-electron chi connectivity index (χ1n) is 6.84. The Hall–Kier alpha value is -2.18. The minimum Gasteiger partial charge on any atom is -0.488 e. The molecule has 0 aliphatic rings. The Morgan fingerprint density at radius 1 is 1.25 bits per heavy atom. The van der Waals surface area contributed by atoms with Crippen molar-refractivity contribution in [3.05, 3.63) is 69.0 Å². The van der Waals surface area contributed by atoms with Crippen molar-refractivity contribution in [1.82, 2.24) is 4.98 Å². The molecule has 24 heavy (non-hydrogen) atoms. The molecule has 0 atom stereocenters. The number of ether oxygens (including phenoxy) is 1. The average molecular weight is 411 g/mol. The molecule has 3 rings (SSSR count). The molecule has 1 aromatic heterocycles. The lowest BCUT2D eigenvalue weighted by Crippen LogP contribution is -2.04. The molecule has 0 amide bonds. The molecule has 1 heterocycles. The lowest BCUT2D eigenvalue weighted by Gasteiger charge is -2.11. The van der Waals surface area contributed by atoms with Crippen LogP contribution in [0, 0.1) is 5.82 Å². The van der Waals surface area contributed by atoms with Crippen molar-refractivity contribution in [2.45, 2.75) is 6.61 Å². The molecule has 4 nitrogen and oxygen atoms in total. The lowest BCUT2D eigenvalue weighted by molar-refractivity contribution is 0.0690. The number of fused-ring (bicyclic) bond motifs is 1. The van der Waals surface area contributed by atoms with Crippen molar-refractivity contribution in [3.8, 4) is 5.75 Å². The summed E-state index contributed by atoms with van der Waals surface area (Å²) < 4.78 is 20.1. The van der Waals surface area contributed by atoms with Gasteiger partial charge in [-0.2, -0.15) is 0 Å². The summed E-state index contributed by atoms with van der Waals surface area (Å²) in [6, 6.07) is 10.5. The van der Waals surface area contributed by atoms with Gasteiger partial charge < -0.3 is 9.84 Å². The van der Waals surface area contributed by atoms with E-state index in [1.165, 1.54) is 24.3 Å². The van der Waals surface area contributed by atoms with Gasteiger partial charge in [-0.25, -0.2) is 14.2 Å². The van der Waals surface area contributed by atoms with E-state index in [0.29, 0.717) is 15.9 Å². The van der Waals surface area contributed by atoms with Crippen LogP contribution in [0.15, 0.2) is 46.9 Å².